The van der Waals surface area contributed by atoms with Crippen LogP contribution < -0.4 is 33.2 Å². The van der Waals surface area contributed by atoms with E-state index in [1.54, 1.807) is 0 Å². The highest BCUT2D eigenvalue weighted by molar-refractivity contribution is 5.94. The van der Waals surface area contributed by atoms with Crippen LogP contribution >= 0.6 is 0 Å². The molecule has 0 aromatic rings. The highest BCUT2D eigenvalue weighted by Gasteiger charge is 2.30. The Kier molecular flexibility index (Phi) is 11.8. The average molecular weight is 446 g/mol. The van der Waals surface area contributed by atoms with Crippen LogP contribution in [0.2, 0.25) is 0 Å². The summed E-state index contributed by atoms with van der Waals surface area (Å²) in [5.41, 5.74) is 15.2. The monoisotopic (exact) mass is 446 g/mol. The second kappa shape index (κ2) is 13.5. The van der Waals surface area contributed by atoms with Gasteiger partial charge in [0.25, 0.3) is 0 Å². The highest BCUT2D eigenvalue weighted by Crippen LogP contribution is 2.04. The van der Waals surface area contributed by atoms with Gasteiger partial charge in [0.15, 0.2) is 0 Å². The maximum absolute atomic E-state index is 12.5. The van der Waals surface area contributed by atoms with E-state index in [4.69, 9.17) is 27.4 Å². The van der Waals surface area contributed by atoms with Crippen molar-refractivity contribution in [2.45, 2.75) is 50.2 Å². The fourth-order valence-electron chi connectivity index (χ4n) is 2.28. The van der Waals surface area contributed by atoms with Crippen LogP contribution in [0.15, 0.2) is 0 Å². The zero-order valence-electron chi connectivity index (χ0n) is 16.5. The fourth-order valence-corrected chi connectivity index (χ4v) is 2.28. The topological polar surface area (TPSA) is 274 Å². The van der Waals surface area contributed by atoms with Crippen molar-refractivity contribution >= 4 is 41.5 Å². The van der Waals surface area contributed by atoms with Crippen LogP contribution in [0.5, 0.6) is 0 Å². The van der Waals surface area contributed by atoms with E-state index in [-0.39, 0.29) is 25.7 Å². The lowest BCUT2D eigenvalue weighted by Gasteiger charge is -2.24. The first kappa shape index (κ1) is 27.2. The molecule has 5 amide bonds. The summed E-state index contributed by atoms with van der Waals surface area (Å²) in [7, 11) is 0. The zero-order chi connectivity index (χ0) is 24.1. The van der Waals surface area contributed by atoms with Crippen LogP contribution in [0.3, 0.4) is 0 Å². The molecule has 0 radical (unpaired) electrons. The number of aliphatic carboxylic acids is 2. The molecule has 0 aliphatic rings. The predicted octanol–water partition coefficient (Wildman–Crippen LogP) is -4.51. The number of carbonyl (C=O) groups excluding carboxylic acids is 5. The van der Waals surface area contributed by atoms with Gasteiger partial charge in [-0.3, -0.25) is 28.8 Å². The lowest BCUT2D eigenvalue weighted by Crippen LogP contribution is -2.56. The summed E-state index contributed by atoms with van der Waals surface area (Å²) in [4.78, 5) is 80.5. The van der Waals surface area contributed by atoms with Crippen molar-refractivity contribution in [1.82, 2.24) is 16.0 Å². The largest absolute Gasteiger partial charge is 0.481 e. The molecule has 3 unspecified atom stereocenters. The summed E-state index contributed by atoms with van der Waals surface area (Å²) in [5, 5.41) is 24.2. The number of carbonyl (C=O) groups is 7. The quantitative estimate of drug-likeness (QED) is 0.119. The minimum atomic E-state index is -1.81. The molecular weight excluding hydrogens is 420 g/mol. The maximum Gasteiger partial charge on any atom is 0.326 e. The van der Waals surface area contributed by atoms with Crippen LogP contribution in [0.1, 0.15) is 32.1 Å². The van der Waals surface area contributed by atoms with Crippen LogP contribution in [-0.2, 0) is 33.6 Å². The molecule has 0 saturated heterocycles. The standard InChI is InChI=1S/C16H26N6O9/c17-6-12(25)20-7(1-3-10(18)23)14(28)21-8(2-4-11(19)24)15(29)22-9(16(30)31)5-13(26)27/h7-9H,1-6,17H2,(H2,18,23)(H2,19,24)(H,20,25)(H,21,28)(H,22,29)(H,26,27)(H,30,31). The van der Waals surface area contributed by atoms with Crippen molar-refractivity contribution in [1.29, 1.82) is 0 Å². The number of carboxylic acid groups (broad SMARTS) is 2. The van der Waals surface area contributed by atoms with Gasteiger partial charge in [0, 0.05) is 12.8 Å². The normalized spacial score (nSPS) is 13.2. The summed E-state index contributed by atoms with van der Waals surface area (Å²) in [6, 6.07) is -4.62. The molecular formula is C16H26N6O9. The maximum atomic E-state index is 12.5. The number of primary amides is 2. The summed E-state index contributed by atoms with van der Waals surface area (Å²) >= 11 is 0. The van der Waals surface area contributed by atoms with E-state index in [0.717, 1.165) is 0 Å². The Hall–Kier alpha value is -3.75. The van der Waals surface area contributed by atoms with Gasteiger partial charge in [0.1, 0.15) is 18.1 Å². The fraction of sp³-hybridized carbons (Fsp3) is 0.562. The number of rotatable bonds is 15. The first-order valence-corrected chi connectivity index (χ1v) is 8.98. The van der Waals surface area contributed by atoms with Gasteiger partial charge < -0.3 is 43.4 Å². The average Bonchev–Trinajstić information content (AvgIpc) is 2.66. The van der Waals surface area contributed by atoms with E-state index < -0.39 is 72.6 Å². The molecule has 0 aliphatic heterocycles. The van der Waals surface area contributed by atoms with E-state index in [1.807, 2.05) is 5.32 Å². The van der Waals surface area contributed by atoms with Gasteiger partial charge in [0.05, 0.1) is 13.0 Å². The van der Waals surface area contributed by atoms with Gasteiger partial charge in [-0.05, 0) is 12.8 Å². The summed E-state index contributed by atoms with van der Waals surface area (Å²) in [6.45, 7) is -0.471. The first-order chi connectivity index (χ1) is 14.4. The Labute approximate surface area is 176 Å². The summed E-state index contributed by atoms with van der Waals surface area (Å²) in [6.07, 6.45) is -2.18. The molecule has 15 nitrogen and oxygen atoms in total. The molecule has 0 bridgehead atoms. The Morgan fingerprint density at radius 2 is 1.13 bits per heavy atom. The van der Waals surface area contributed by atoms with E-state index in [9.17, 15) is 33.6 Å². The molecule has 31 heavy (non-hydrogen) atoms. The first-order valence-electron chi connectivity index (χ1n) is 8.98. The van der Waals surface area contributed by atoms with Crippen molar-refractivity contribution in [3.05, 3.63) is 0 Å². The van der Waals surface area contributed by atoms with Crippen LogP contribution in [0.4, 0.5) is 0 Å². The van der Waals surface area contributed by atoms with E-state index in [2.05, 4.69) is 10.6 Å². The Morgan fingerprint density at radius 1 is 0.710 bits per heavy atom. The third kappa shape index (κ3) is 11.7. The van der Waals surface area contributed by atoms with Crippen molar-refractivity contribution < 1.29 is 43.8 Å². The number of carboxylic acids is 2. The lowest BCUT2D eigenvalue weighted by atomic mass is 10.1. The molecule has 0 aliphatic carbocycles. The number of amides is 5. The van der Waals surface area contributed by atoms with Gasteiger partial charge in [-0.2, -0.15) is 0 Å². The van der Waals surface area contributed by atoms with Gasteiger partial charge in [-0.25, -0.2) is 4.79 Å². The Morgan fingerprint density at radius 3 is 1.48 bits per heavy atom. The molecule has 0 aromatic heterocycles. The van der Waals surface area contributed by atoms with Gasteiger partial charge in [-0.15, -0.1) is 0 Å². The molecule has 3 atom stereocenters. The third-order valence-electron chi connectivity index (χ3n) is 3.82. The van der Waals surface area contributed by atoms with Gasteiger partial charge >= 0.3 is 11.9 Å². The second-order valence-corrected chi connectivity index (χ2v) is 6.39. The lowest BCUT2D eigenvalue weighted by molar-refractivity contribution is -0.147. The molecule has 0 fully saturated rings. The molecule has 0 saturated carbocycles. The molecule has 11 N–H and O–H groups in total. The van der Waals surface area contributed by atoms with Gasteiger partial charge in [0.2, 0.25) is 29.5 Å². The van der Waals surface area contributed by atoms with Crippen molar-refractivity contribution in [2.24, 2.45) is 17.2 Å². The SMILES string of the molecule is NCC(=O)NC(CCC(N)=O)C(=O)NC(CCC(N)=O)C(=O)NC(CC(=O)O)C(=O)O. The number of nitrogens with two attached hydrogens (primary N) is 3. The number of hydrogen-bond acceptors (Lipinski definition) is 8. The van der Waals surface area contributed by atoms with Crippen molar-refractivity contribution in [2.75, 3.05) is 6.54 Å². The number of hydrogen-bond donors (Lipinski definition) is 8. The summed E-state index contributed by atoms with van der Waals surface area (Å²) in [5.74, 6) is -7.50. The van der Waals surface area contributed by atoms with E-state index in [1.165, 1.54) is 0 Å². The molecule has 0 rings (SSSR count). The van der Waals surface area contributed by atoms with E-state index in [0.29, 0.717) is 0 Å². The van der Waals surface area contributed by atoms with E-state index >= 15 is 0 Å². The summed E-state index contributed by atoms with van der Waals surface area (Å²) < 4.78 is 0. The molecule has 0 aromatic carbocycles. The minimum Gasteiger partial charge on any atom is -0.481 e. The molecule has 0 heterocycles. The second-order valence-electron chi connectivity index (χ2n) is 6.39. The Bertz CT molecular complexity index is 726. The van der Waals surface area contributed by atoms with Gasteiger partial charge in [-0.1, -0.05) is 0 Å². The van der Waals surface area contributed by atoms with Crippen molar-refractivity contribution in [3.8, 4) is 0 Å². The number of nitrogens with one attached hydrogen (secondary N) is 3. The zero-order valence-corrected chi connectivity index (χ0v) is 16.5. The van der Waals surface area contributed by atoms with Crippen molar-refractivity contribution in [3.63, 3.8) is 0 Å². The minimum absolute atomic E-state index is 0.228. The molecule has 174 valence electrons. The third-order valence-corrected chi connectivity index (χ3v) is 3.82. The molecule has 15 heteroatoms. The highest BCUT2D eigenvalue weighted by atomic mass is 16.4. The van der Waals surface area contributed by atoms with Crippen LogP contribution in [0.25, 0.3) is 0 Å². The Balaban J connectivity index is 5.48. The predicted molar refractivity (Wildman–Crippen MR) is 102 cm³/mol. The smallest absolute Gasteiger partial charge is 0.326 e. The van der Waals surface area contributed by atoms with Crippen LogP contribution in [-0.4, -0.2) is 76.4 Å². The molecule has 0 spiro atoms. The van der Waals surface area contributed by atoms with Crippen LogP contribution in [0, 0.1) is 0 Å².